The molecule has 2 N–H and O–H groups in total. The molecular weight excluding hydrogens is 354 g/mol. The summed E-state index contributed by atoms with van der Waals surface area (Å²) in [5.74, 6) is 0.847. The SMILES string of the molecule is Cn1cnc2c(N3CCN(c4ccc(S(N)(=O)=O)cc4)CC3)ncnc21. The number of fused-ring (bicyclic) bond motifs is 1. The van der Waals surface area contributed by atoms with E-state index in [1.165, 1.54) is 0 Å². The summed E-state index contributed by atoms with van der Waals surface area (Å²) in [5.41, 5.74) is 2.60. The summed E-state index contributed by atoms with van der Waals surface area (Å²) >= 11 is 0. The Morgan fingerprint density at radius 2 is 1.62 bits per heavy atom. The van der Waals surface area contributed by atoms with Gasteiger partial charge in [-0.2, -0.15) is 0 Å². The Kier molecular flexibility index (Phi) is 4.00. The lowest BCUT2D eigenvalue weighted by atomic mass is 10.2. The van der Waals surface area contributed by atoms with Gasteiger partial charge >= 0.3 is 0 Å². The van der Waals surface area contributed by atoms with Crippen LogP contribution in [0.1, 0.15) is 0 Å². The Morgan fingerprint density at radius 3 is 2.27 bits per heavy atom. The van der Waals surface area contributed by atoms with Crippen LogP contribution in [0.4, 0.5) is 11.5 Å². The van der Waals surface area contributed by atoms with Gasteiger partial charge in [0.15, 0.2) is 17.0 Å². The second kappa shape index (κ2) is 6.22. The third-order valence-electron chi connectivity index (χ3n) is 4.59. The molecule has 0 spiro atoms. The third kappa shape index (κ3) is 2.97. The average molecular weight is 373 g/mol. The summed E-state index contributed by atoms with van der Waals surface area (Å²) in [4.78, 5) is 17.6. The van der Waals surface area contributed by atoms with Crippen LogP contribution in [0.25, 0.3) is 11.2 Å². The first kappa shape index (κ1) is 16.7. The highest BCUT2D eigenvalue weighted by molar-refractivity contribution is 7.89. The van der Waals surface area contributed by atoms with Gasteiger partial charge in [-0.15, -0.1) is 0 Å². The maximum Gasteiger partial charge on any atom is 0.238 e. The van der Waals surface area contributed by atoms with Gasteiger partial charge in [-0.05, 0) is 24.3 Å². The molecule has 136 valence electrons. The molecule has 0 saturated carbocycles. The lowest BCUT2D eigenvalue weighted by molar-refractivity contribution is 0.597. The van der Waals surface area contributed by atoms with Gasteiger partial charge in [-0.25, -0.2) is 28.5 Å². The van der Waals surface area contributed by atoms with Gasteiger partial charge in [0.05, 0.1) is 11.2 Å². The predicted molar refractivity (Wildman–Crippen MR) is 98.5 cm³/mol. The van der Waals surface area contributed by atoms with Crippen molar-refractivity contribution in [3.05, 3.63) is 36.9 Å². The third-order valence-corrected chi connectivity index (χ3v) is 5.52. The van der Waals surface area contributed by atoms with E-state index in [1.54, 1.807) is 36.9 Å². The molecule has 3 aromatic rings. The second-order valence-corrected chi connectivity index (χ2v) is 7.80. The van der Waals surface area contributed by atoms with Crippen LogP contribution in [0.15, 0.2) is 41.8 Å². The molecule has 1 saturated heterocycles. The van der Waals surface area contributed by atoms with Gasteiger partial charge < -0.3 is 14.4 Å². The van der Waals surface area contributed by atoms with Crippen molar-refractivity contribution >= 4 is 32.7 Å². The molecule has 0 amide bonds. The van der Waals surface area contributed by atoms with Crippen molar-refractivity contribution in [1.29, 1.82) is 0 Å². The fourth-order valence-electron chi connectivity index (χ4n) is 3.19. The van der Waals surface area contributed by atoms with Gasteiger partial charge in [0, 0.05) is 38.9 Å². The van der Waals surface area contributed by atoms with Gasteiger partial charge in [0.25, 0.3) is 0 Å². The van der Waals surface area contributed by atoms with Crippen LogP contribution in [-0.4, -0.2) is 54.1 Å². The number of hydrogen-bond acceptors (Lipinski definition) is 7. The van der Waals surface area contributed by atoms with Crippen molar-refractivity contribution in [2.45, 2.75) is 4.90 Å². The van der Waals surface area contributed by atoms with E-state index >= 15 is 0 Å². The van der Waals surface area contributed by atoms with Crippen LogP contribution in [0.3, 0.4) is 0 Å². The Labute approximate surface area is 151 Å². The molecule has 9 nitrogen and oxygen atoms in total. The second-order valence-electron chi connectivity index (χ2n) is 6.24. The lowest BCUT2D eigenvalue weighted by Crippen LogP contribution is -2.47. The first-order valence-electron chi connectivity index (χ1n) is 8.18. The molecule has 1 aromatic carbocycles. The van der Waals surface area contributed by atoms with Gasteiger partial charge in [0.2, 0.25) is 10.0 Å². The molecule has 0 radical (unpaired) electrons. The highest BCUT2D eigenvalue weighted by Crippen LogP contribution is 2.24. The zero-order valence-corrected chi connectivity index (χ0v) is 15.1. The van der Waals surface area contributed by atoms with Crippen molar-refractivity contribution in [1.82, 2.24) is 19.5 Å². The monoisotopic (exact) mass is 373 g/mol. The van der Waals surface area contributed by atoms with E-state index in [-0.39, 0.29) is 4.90 Å². The van der Waals surface area contributed by atoms with E-state index in [0.717, 1.165) is 48.8 Å². The maximum atomic E-state index is 11.4. The molecule has 26 heavy (non-hydrogen) atoms. The van der Waals surface area contributed by atoms with Gasteiger partial charge in [-0.3, -0.25) is 0 Å². The van der Waals surface area contributed by atoms with Crippen molar-refractivity contribution in [2.24, 2.45) is 12.2 Å². The molecule has 1 aliphatic heterocycles. The fourth-order valence-corrected chi connectivity index (χ4v) is 3.70. The van der Waals surface area contributed by atoms with Crippen molar-refractivity contribution < 1.29 is 8.42 Å². The van der Waals surface area contributed by atoms with Crippen LogP contribution >= 0.6 is 0 Å². The number of aryl methyl sites for hydroxylation is 1. The number of rotatable bonds is 3. The number of primary sulfonamides is 1. The number of anilines is 2. The summed E-state index contributed by atoms with van der Waals surface area (Å²) in [6.45, 7) is 3.18. The molecule has 1 aliphatic rings. The van der Waals surface area contributed by atoms with Crippen LogP contribution in [0, 0.1) is 0 Å². The number of sulfonamides is 1. The van der Waals surface area contributed by atoms with E-state index in [9.17, 15) is 8.42 Å². The normalized spacial score (nSPS) is 15.6. The number of nitrogens with zero attached hydrogens (tertiary/aromatic N) is 6. The zero-order chi connectivity index (χ0) is 18.3. The molecule has 4 rings (SSSR count). The number of hydrogen-bond donors (Lipinski definition) is 1. The molecule has 10 heteroatoms. The van der Waals surface area contributed by atoms with Crippen LogP contribution in [-0.2, 0) is 17.1 Å². The smallest absolute Gasteiger partial charge is 0.238 e. The number of nitrogens with two attached hydrogens (primary N) is 1. The first-order chi connectivity index (χ1) is 12.4. The topological polar surface area (TPSA) is 110 Å². The Balaban J connectivity index is 1.50. The summed E-state index contributed by atoms with van der Waals surface area (Å²) < 4.78 is 24.6. The van der Waals surface area contributed by atoms with Gasteiger partial charge in [0.1, 0.15) is 6.33 Å². The number of piperazine rings is 1. The van der Waals surface area contributed by atoms with Crippen LogP contribution in [0.2, 0.25) is 0 Å². The minimum absolute atomic E-state index is 0.124. The minimum Gasteiger partial charge on any atom is -0.368 e. The van der Waals surface area contributed by atoms with E-state index in [1.807, 2.05) is 11.6 Å². The highest BCUT2D eigenvalue weighted by atomic mass is 32.2. The molecule has 3 heterocycles. The van der Waals surface area contributed by atoms with E-state index < -0.39 is 10.0 Å². The average Bonchev–Trinajstić information content (AvgIpc) is 3.03. The van der Waals surface area contributed by atoms with E-state index in [2.05, 4.69) is 24.8 Å². The summed E-state index contributed by atoms with van der Waals surface area (Å²) in [6.07, 6.45) is 3.31. The largest absolute Gasteiger partial charge is 0.368 e. The van der Waals surface area contributed by atoms with Crippen molar-refractivity contribution in [3.63, 3.8) is 0 Å². The van der Waals surface area contributed by atoms with E-state index in [0.29, 0.717) is 0 Å². The standard InChI is InChI=1S/C16H19N7O2S/c1-21-11-20-14-15(21)18-10-19-16(14)23-8-6-22(7-9-23)12-2-4-13(5-3-12)26(17,24)25/h2-5,10-11H,6-9H2,1H3,(H2,17,24,25). The lowest BCUT2D eigenvalue weighted by Gasteiger charge is -2.36. The number of benzene rings is 1. The van der Waals surface area contributed by atoms with Gasteiger partial charge in [-0.1, -0.05) is 0 Å². The maximum absolute atomic E-state index is 11.4. The number of aromatic nitrogens is 4. The zero-order valence-electron chi connectivity index (χ0n) is 14.3. The van der Waals surface area contributed by atoms with Crippen LogP contribution in [0.5, 0.6) is 0 Å². The molecule has 1 fully saturated rings. The summed E-state index contributed by atoms with van der Waals surface area (Å²) in [7, 11) is -1.75. The molecule has 0 unspecified atom stereocenters. The van der Waals surface area contributed by atoms with Crippen LogP contribution < -0.4 is 14.9 Å². The minimum atomic E-state index is -3.66. The Hall–Kier alpha value is -2.72. The van der Waals surface area contributed by atoms with Crippen molar-refractivity contribution in [2.75, 3.05) is 36.0 Å². The summed E-state index contributed by atoms with van der Waals surface area (Å²) in [5, 5.41) is 5.15. The first-order valence-corrected chi connectivity index (χ1v) is 9.73. The fraction of sp³-hybridized carbons (Fsp3) is 0.312. The molecule has 0 bridgehead atoms. The molecule has 0 aliphatic carbocycles. The Bertz CT molecular complexity index is 1040. The number of imidazole rings is 1. The van der Waals surface area contributed by atoms with E-state index in [4.69, 9.17) is 5.14 Å². The molecule has 2 aromatic heterocycles. The molecular formula is C16H19N7O2S. The molecule has 0 atom stereocenters. The summed E-state index contributed by atoms with van der Waals surface area (Å²) in [6, 6.07) is 6.66. The predicted octanol–water partition coefficient (Wildman–Crippen LogP) is 0.337. The van der Waals surface area contributed by atoms with Crippen molar-refractivity contribution in [3.8, 4) is 0 Å². The Morgan fingerprint density at radius 1 is 0.962 bits per heavy atom. The highest BCUT2D eigenvalue weighted by Gasteiger charge is 2.21. The quantitative estimate of drug-likeness (QED) is 0.705.